The third-order valence-electron chi connectivity index (χ3n) is 5.52. The summed E-state index contributed by atoms with van der Waals surface area (Å²) in [7, 11) is 0. The van der Waals surface area contributed by atoms with Crippen LogP contribution in [0, 0.1) is 0 Å². The summed E-state index contributed by atoms with van der Waals surface area (Å²) in [6, 6.07) is 26.0. The van der Waals surface area contributed by atoms with Crippen LogP contribution in [0.5, 0.6) is 0 Å². The van der Waals surface area contributed by atoms with E-state index in [9.17, 15) is 9.59 Å². The fourth-order valence-electron chi connectivity index (χ4n) is 3.81. The van der Waals surface area contributed by atoms with E-state index in [1.54, 1.807) is 53.2 Å². The first kappa shape index (κ1) is 22.2. The second-order valence-corrected chi connectivity index (χ2v) is 9.26. The fraction of sp³-hybridized carbons (Fsp3) is 0.0741. The monoisotopic (exact) mass is 485 g/mol. The van der Waals surface area contributed by atoms with Crippen molar-refractivity contribution in [2.45, 2.75) is 22.9 Å². The van der Waals surface area contributed by atoms with E-state index in [0.717, 1.165) is 26.7 Å². The van der Waals surface area contributed by atoms with Crippen LogP contribution in [0.2, 0.25) is 5.02 Å². The lowest BCUT2D eigenvalue weighted by atomic mass is 10.1. The van der Waals surface area contributed by atoms with Gasteiger partial charge in [0.15, 0.2) is 0 Å². The Hall–Kier alpha value is -3.61. The summed E-state index contributed by atoms with van der Waals surface area (Å²) in [4.78, 5) is 33.3. The van der Waals surface area contributed by atoms with E-state index in [1.807, 2.05) is 54.6 Å². The zero-order chi connectivity index (χ0) is 23.5. The third-order valence-corrected chi connectivity index (χ3v) is 7.01. The first-order valence-electron chi connectivity index (χ1n) is 10.7. The van der Waals surface area contributed by atoms with E-state index >= 15 is 0 Å². The van der Waals surface area contributed by atoms with Crippen molar-refractivity contribution in [3.8, 4) is 0 Å². The van der Waals surface area contributed by atoms with Gasteiger partial charge < -0.3 is 10.2 Å². The molecule has 5 rings (SSSR count). The highest BCUT2D eigenvalue weighted by Gasteiger charge is 2.26. The molecule has 1 aromatic heterocycles. The highest BCUT2D eigenvalue weighted by Crippen LogP contribution is 2.40. The number of carbonyl (C=O) groups excluding carboxylic acids is 2. The summed E-state index contributed by atoms with van der Waals surface area (Å²) in [6.45, 7) is 0.455. The van der Waals surface area contributed by atoms with E-state index < -0.39 is 0 Å². The molecule has 0 fully saturated rings. The molecule has 0 aliphatic carbocycles. The van der Waals surface area contributed by atoms with Crippen LogP contribution >= 0.6 is 23.4 Å². The molecule has 0 saturated carbocycles. The van der Waals surface area contributed by atoms with Crippen molar-refractivity contribution in [1.82, 2.24) is 4.98 Å². The summed E-state index contributed by atoms with van der Waals surface area (Å²) in [5.74, 6) is -0.297. The third kappa shape index (κ3) is 4.69. The van der Waals surface area contributed by atoms with Gasteiger partial charge in [-0.15, -0.1) is 0 Å². The summed E-state index contributed by atoms with van der Waals surface area (Å²) in [5, 5.41) is 4.22. The van der Waals surface area contributed by atoms with Crippen LogP contribution in [0.15, 0.2) is 101 Å². The number of carbonyl (C=O) groups is 2. The molecule has 0 bridgehead atoms. The van der Waals surface area contributed by atoms with E-state index in [0.29, 0.717) is 22.8 Å². The summed E-state index contributed by atoms with van der Waals surface area (Å²) in [6.07, 6.45) is 1.91. The number of nitrogens with one attached hydrogen (secondary N) is 1. The van der Waals surface area contributed by atoms with Crippen molar-refractivity contribution >= 4 is 46.6 Å². The molecule has 7 heteroatoms. The van der Waals surface area contributed by atoms with Gasteiger partial charge in [0.1, 0.15) is 5.03 Å². The Labute approximate surface area is 206 Å². The number of nitrogens with zero attached hydrogens (tertiary/aromatic N) is 2. The number of benzene rings is 3. The number of amides is 2. The maximum Gasteiger partial charge on any atom is 0.258 e. The van der Waals surface area contributed by atoms with Crippen LogP contribution in [0.1, 0.15) is 21.5 Å². The van der Waals surface area contributed by atoms with Gasteiger partial charge in [0, 0.05) is 27.4 Å². The van der Waals surface area contributed by atoms with Crippen LogP contribution in [-0.4, -0.2) is 16.8 Å². The lowest BCUT2D eigenvalue weighted by Crippen LogP contribution is -2.30. The predicted molar refractivity (Wildman–Crippen MR) is 136 cm³/mol. The fourth-order valence-corrected chi connectivity index (χ4v) is 5.03. The van der Waals surface area contributed by atoms with Gasteiger partial charge in [-0.3, -0.25) is 9.59 Å². The SMILES string of the molecule is O=C(Cc1ccccc1Cl)Nc1ccc(C(=O)N2Cc3ccccc3Sc3ncccc32)cc1. The normalized spacial score (nSPS) is 12.3. The minimum Gasteiger partial charge on any atom is -0.326 e. The Bertz CT molecular complexity index is 1370. The van der Waals surface area contributed by atoms with Crippen LogP contribution in [0.3, 0.4) is 0 Å². The minimum atomic E-state index is -0.173. The number of halogens is 1. The van der Waals surface area contributed by atoms with E-state index in [1.165, 1.54) is 0 Å². The molecule has 0 saturated heterocycles. The van der Waals surface area contributed by atoms with Gasteiger partial charge in [0.05, 0.1) is 18.7 Å². The quantitative estimate of drug-likeness (QED) is 0.372. The van der Waals surface area contributed by atoms with Gasteiger partial charge in [0.25, 0.3) is 5.91 Å². The lowest BCUT2D eigenvalue weighted by molar-refractivity contribution is -0.115. The van der Waals surface area contributed by atoms with Gasteiger partial charge >= 0.3 is 0 Å². The minimum absolute atomic E-state index is 0.125. The van der Waals surface area contributed by atoms with Gasteiger partial charge in [-0.05, 0) is 59.7 Å². The van der Waals surface area contributed by atoms with Crippen molar-refractivity contribution in [3.05, 3.63) is 113 Å². The van der Waals surface area contributed by atoms with Crippen molar-refractivity contribution in [1.29, 1.82) is 0 Å². The Morgan fingerprint density at radius 2 is 1.71 bits per heavy atom. The topological polar surface area (TPSA) is 62.3 Å². The number of fused-ring (bicyclic) bond motifs is 2. The molecular formula is C27H20ClN3O2S. The Kier molecular flexibility index (Phi) is 6.34. The number of rotatable bonds is 4. The molecule has 5 nitrogen and oxygen atoms in total. The van der Waals surface area contributed by atoms with Crippen molar-refractivity contribution in [3.63, 3.8) is 0 Å². The molecule has 0 atom stereocenters. The summed E-state index contributed by atoms with van der Waals surface area (Å²) >= 11 is 7.72. The van der Waals surface area contributed by atoms with E-state index in [2.05, 4.69) is 10.3 Å². The number of pyridine rings is 1. The Balaban J connectivity index is 1.35. The Morgan fingerprint density at radius 3 is 2.53 bits per heavy atom. The maximum absolute atomic E-state index is 13.5. The van der Waals surface area contributed by atoms with Crippen LogP contribution in [-0.2, 0) is 17.8 Å². The van der Waals surface area contributed by atoms with Crippen molar-refractivity contribution in [2.24, 2.45) is 0 Å². The lowest BCUT2D eigenvalue weighted by Gasteiger charge is -2.22. The highest BCUT2D eigenvalue weighted by atomic mass is 35.5. The first-order chi connectivity index (χ1) is 16.6. The van der Waals surface area contributed by atoms with Crippen LogP contribution in [0.25, 0.3) is 0 Å². The molecule has 1 aliphatic rings. The van der Waals surface area contributed by atoms with Gasteiger partial charge in [-0.1, -0.05) is 59.8 Å². The largest absolute Gasteiger partial charge is 0.326 e. The smallest absolute Gasteiger partial charge is 0.258 e. The molecular weight excluding hydrogens is 466 g/mol. The molecule has 2 heterocycles. The summed E-state index contributed by atoms with van der Waals surface area (Å²) in [5.41, 5.74) is 3.77. The molecule has 168 valence electrons. The predicted octanol–water partition coefficient (Wildman–Crippen LogP) is 6.23. The second-order valence-electron chi connectivity index (χ2n) is 7.82. The molecule has 4 aromatic rings. The van der Waals surface area contributed by atoms with E-state index in [-0.39, 0.29) is 18.2 Å². The molecule has 3 aromatic carbocycles. The summed E-state index contributed by atoms with van der Waals surface area (Å²) < 4.78 is 0. The average Bonchev–Trinajstić information content (AvgIpc) is 3.02. The average molecular weight is 486 g/mol. The Morgan fingerprint density at radius 1 is 0.941 bits per heavy atom. The zero-order valence-corrected chi connectivity index (χ0v) is 19.6. The van der Waals surface area contributed by atoms with Crippen LogP contribution in [0.4, 0.5) is 11.4 Å². The number of hydrogen-bond donors (Lipinski definition) is 1. The van der Waals surface area contributed by atoms with Crippen molar-refractivity contribution in [2.75, 3.05) is 10.2 Å². The zero-order valence-electron chi connectivity index (χ0n) is 18.1. The van der Waals surface area contributed by atoms with Gasteiger partial charge in [-0.2, -0.15) is 0 Å². The first-order valence-corrected chi connectivity index (χ1v) is 11.9. The molecule has 2 amide bonds. The van der Waals surface area contributed by atoms with E-state index in [4.69, 9.17) is 11.6 Å². The molecule has 0 unspecified atom stereocenters. The van der Waals surface area contributed by atoms with Gasteiger partial charge in [0.2, 0.25) is 5.91 Å². The number of anilines is 2. The second kappa shape index (κ2) is 9.71. The number of aromatic nitrogens is 1. The molecule has 1 N–H and O–H groups in total. The standard InChI is InChI=1S/C27H20ClN3O2S/c28-22-8-3-1-6-19(22)16-25(32)30-21-13-11-18(12-14-21)27(33)31-17-20-7-2-4-10-24(20)34-26-23(31)9-5-15-29-26/h1-15H,16-17H2,(H,30,32). The number of hydrogen-bond acceptors (Lipinski definition) is 4. The van der Waals surface area contributed by atoms with Gasteiger partial charge in [-0.25, -0.2) is 4.98 Å². The molecule has 0 spiro atoms. The van der Waals surface area contributed by atoms with Crippen LogP contribution < -0.4 is 10.2 Å². The molecule has 34 heavy (non-hydrogen) atoms. The highest BCUT2D eigenvalue weighted by molar-refractivity contribution is 7.99. The maximum atomic E-state index is 13.5. The molecule has 0 radical (unpaired) electrons. The van der Waals surface area contributed by atoms with Crippen molar-refractivity contribution < 1.29 is 9.59 Å². The molecule has 1 aliphatic heterocycles.